The van der Waals surface area contributed by atoms with E-state index in [-0.39, 0.29) is 35.0 Å². The first-order valence-corrected chi connectivity index (χ1v) is 7.86. The highest BCUT2D eigenvalue weighted by atomic mass is 16.6. The SMILES string of the molecule is COc1cc(C(=O)C[C@H]2OC(=O)c3c2ccc(OC)c3OC)ccc1O. The van der Waals surface area contributed by atoms with Crippen LogP contribution in [-0.2, 0) is 4.74 Å². The molecule has 2 aromatic rings. The molecule has 0 radical (unpaired) electrons. The molecule has 7 nitrogen and oxygen atoms in total. The Hall–Kier alpha value is -3.22. The fraction of sp³-hybridized carbons (Fsp3) is 0.263. The zero-order chi connectivity index (χ0) is 18.8. The standard InChI is InChI=1S/C19H18O7/c1-23-14-7-5-11-15(26-19(22)17(11)18(14)25-3)9-13(21)10-4-6-12(20)16(8-10)24-2/h4-8,15,20H,9H2,1-3H3/t15-/m1/s1. The second kappa shape index (κ2) is 6.95. The molecular formula is C19H18O7. The first-order valence-electron chi connectivity index (χ1n) is 7.86. The molecule has 7 heteroatoms. The molecule has 136 valence electrons. The van der Waals surface area contributed by atoms with Gasteiger partial charge < -0.3 is 24.1 Å². The van der Waals surface area contributed by atoms with Gasteiger partial charge in [0.1, 0.15) is 11.7 Å². The van der Waals surface area contributed by atoms with Crippen LogP contribution in [0.4, 0.5) is 0 Å². The molecule has 2 aromatic carbocycles. The van der Waals surface area contributed by atoms with Gasteiger partial charge in [0.15, 0.2) is 28.8 Å². The lowest BCUT2D eigenvalue weighted by molar-refractivity contribution is 0.0365. The van der Waals surface area contributed by atoms with Crippen molar-refractivity contribution in [3.63, 3.8) is 0 Å². The summed E-state index contributed by atoms with van der Waals surface area (Å²) in [4.78, 5) is 24.9. The van der Waals surface area contributed by atoms with E-state index in [2.05, 4.69) is 0 Å². The van der Waals surface area contributed by atoms with Crippen molar-refractivity contribution in [1.82, 2.24) is 0 Å². The van der Waals surface area contributed by atoms with Gasteiger partial charge in [-0.05, 0) is 24.3 Å². The van der Waals surface area contributed by atoms with Gasteiger partial charge in [0.25, 0.3) is 0 Å². The lowest BCUT2D eigenvalue weighted by Gasteiger charge is -2.12. The number of ether oxygens (including phenoxy) is 4. The molecule has 0 aliphatic carbocycles. The maximum atomic E-state index is 12.6. The number of carbonyl (C=O) groups is 2. The molecule has 0 fully saturated rings. The summed E-state index contributed by atoms with van der Waals surface area (Å²) in [7, 11) is 4.31. The van der Waals surface area contributed by atoms with E-state index in [9.17, 15) is 14.7 Å². The predicted molar refractivity (Wildman–Crippen MR) is 91.3 cm³/mol. The molecule has 0 unspecified atom stereocenters. The number of carbonyl (C=O) groups excluding carboxylic acids is 2. The molecule has 0 amide bonds. The highest BCUT2D eigenvalue weighted by Gasteiger charge is 2.37. The van der Waals surface area contributed by atoms with Crippen LogP contribution in [0.1, 0.15) is 38.8 Å². The summed E-state index contributed by atoms with van der Waals surface area (Å²) in [6.45, 7) is 0. The van der Waals surface area contributed by atoms with Crippen LogP contribution in [0.3, 0.4) is 0 Å². The van der Waals surface area contributed by atoms with E-state index < -0.39 is 12.1 Å². The van der Waals surface area contributed by atoms with Gasteiger partial charge in [0.05, 0.1) is 27.8 Å². The Morgan fingerprint density at radius 2 is 1.81 bits per heavy atom. The number of rotatable bonds is 6. The smallest absolute Gasteiger partial charge is 0.343 e. The Kier molecular flexibility index (Phi) is 4.71. The van der Waals surface area contributed by atoms with Crippen molar-refractivity contribution in [2.45, 2.75) is 12.5 Å². The van der Waals surface area contributed by atoms with E-state index in [4.69, 9.17) is 18.9 Å². The van der Waals surface area contributed by atoms with E-state index in [0.717, 1.165) is 0 Å². The van der Waals surface area contributed by atoms with Crippen molar-refractivity contribution in [3.8, 4) is 23.0 Å². The Balaban J connectivity index is 1.89. The molecule has 0 saturated heterocycles. The largest absolute Gasteiger partial charge is 0.504 e. The van der Waals surface area contributed by atoms with Crippen molar-refractivity contribution in [2.24, 2.45) is 0 Å². The Morgan fingerprint density at radius 1 is 1.08 bits per heavy atom. The lowest BCUT2D eigenvalue weighted by atomic mass is 9.97. The zero-order valence-electron chi connectivity index (χ0n) is 14.6. The van der Waals surface area contributed by atoms with Crippen molar-refractivity contribution in [3.05, 3.63) is 47.0 Å². The second-order valence-corrected chi connectivity index (χ2v) is 5.67. The van der Waals surface area contributed by atoms with Gasteiger partial charge in [-0.15, -0.1) is 0 Å². The highest BCUT2D eigenvalue weighted by molar-refractivity contribution is 6.01. The second-order valence-electron chi connectivity index (χ2n) is 5.67. The normalized spacial score (nSPS) is 15.2. The molecule has 1 aliphatic heterocycles. The third-order valence-corrected chi connectivity index (χ3v) is 4.25. The fourth-order valence-corrected chi connectivity index (χ4v) is 2.96. The van der Waals surface area contributed by atoms with Crippen LogP contribution in [0.25, 0.3) is 0 Å². The number of methoxy groups -OCH3 is 3. The number of hydrogen-bond acceptors (Lipinski definition) is 7. The van der Waals surface area contributed by atoms with E-state index in [1.807, 2.05) is 0 Å². The van der Waals surface area contributed by atoms with Crippen LogP contribution in [0, 0.1) is 0 Å². The summed E-state index contributed by atoms with van der Waals surface area (Å²) in [6, 6.07) is 7.68. The number of fused-ring (bicyclic) bond motifs is 1. The van der Waals surface area contributed by atoms with Crippen molar-refractivity contribution >= 4 is 11.8 Å². The van der Waals surface area contributed by atoms with Gasteiger partial charge in [0.2, 0.25) is 0 Å². The summed E-state index contributed by atoms with van der Waals surface area (Å²) in [5.41, 5.74) is 1.20. The third-order valence-electron chi connectivity index (χ3n) is 4.25. The van der Waals surface area contributed by atoms with Crippen LogP contribution in [0.5, 0.6) is 23.0 Å². The van der Waals surface area contributed by atoms with E-state index in [0.29, 0.717) is 16.9 Å². The Bertz CT molecular complexity index is 872. The molecule has 0 aromatic heterocycles. The van der Waals surface area contributed by atoms with E-state index in [1.54, 1.807) is 12.1 Å². The summed E-state index contributed by atoms with van der Waals surface area (Å²) < 4.78 is 20.9. The van der Waals surface area contributed by atoms with Crippen LogP contribution in [0.2, 0.25) is 0 Å². The van der Waals surface area contributed by atoms with Gasteiger partial charge >= 0.3 is 5.97 Å². The van der Waals surface area contributed by atoms with Gasteiger partial charge in [0, 0.05) is 11.1 Å². The number of phenolic OH excluding ortho intramolecular Hbond substituents is 1. The van der Waals surface area contributed by atoms with Gasteiger partial charge in [-0.2, -0.15) is 0 Å². The number of ketones is 1. The average molecular weight is 358 g/mol. The molecule has 1 atom stereocenters. The quantitative estimate of drug-likeness (QED) is 0.627. The predicted octanol–water partition coefficient (Wildman–Crippen LogP) is 2.90. The maximum Gasteiger partial charge on any atom is 0.343 e. The number of cyclic esters (lactones) is 1. The molecule has 0 bridgehead atoms. The van der Waals surface area contributed by atoms with Crippen LogP contribution in [-0.4, -0.2) is 38.2 Å². The molecule has 0 saturated carbocycles. The zero-order valence-corrected chi connectivity index (χ0v) is 14.6. The summed E-state index contributed by atoms with van der Waals surface area (Å²) in [6.07, 6.45) is -0.757. The minimum Gasteiger partial charge on any atom is -0.504 e. The molecule has 1 N–H and O–H groups in total. The number of hydrogen-bond donors (Lipinski definition) is 1. The van der Waals surface area contributed by atoms with Gasteiger partial charge in [-0.3, -0.25) is 4.79 Å². The Labute approximate surface area is 150 Å². The van der Waals surface area contributed by atoms with E-state index >= 15 is 0 Å². The molecule has 3 rings (SSSR count). The number of esters is 1. The monoisotopic (exact) mass is 358 g/mol. The summed E-state index contributed by atoms with van der Waals surface area (Å²) >= 11 is 0. The van der Waals surface area contributed by atoms with Crippen molar-refractivity contribution in [2.75, 3.05) is 21.3 Å². The number of benzene rings is 2. The molecule has 1 aliphatic rings. The molecule has 26 heavy (non-hydrogen) atoms. The number of phenols is 1. The van der Waals surface area contributed by atoms with Crippen molar-refractivity contribution < 1.29 is 33.6 Å². The first kappa shape index (κ1) is 17.6. The number of aromatic hydroxyl groups is 1. The van der Waals surface area contributed by atoms with Crippen molar-refractivity contribution in [1.29, 1.82) is 0 Å². The maximum absolute atomic E-state index is 12.6. The van der Waals surface area contributed by atoms with Crippen LogP contribution < -0.4 is 14.2 Å². The topological polar surface area (TPSA) is 91.3 Å². The van der Waals surface area contributed by atoms with Crippen LogP contribution in [0.15, 0.2) is 30.3 Å². The summed E-state index contributed by atoms with van der Waals surface area (Å²) in [5, 5.41) is 9.64. The minimum atomic E-state index is -0.718. The Morgan fingerprint density at radius 3 is 2.46 bits per heavy atom. The van der Waals surface area contributed by atoms with Crippen LogP contribution >= 0.6 is 0 Å². The lowest BCUT2D eigenvalue weighted by Crippen LogP contribution is -2.08. The fourth-order valence-electron chi connectivity index (χ4n) is 2.96. The molecule has 1 heterocycles. The molecule has 0 spiro atoms. The third kappa shape index (κ3) is 2.92. The first-order chi connectivity index (χ1) is 12.5. The highest BCUT2D eigenvalue weighted by Crippen LogP contribution is 2.43. The molecular weight excluding hydrogens is 340 g/mol. The van der Waals surface area contributed by atoms with E-state index in [1.165, 1.54) is 39.5 Å². The summed E-state index contributed by atoms with van der Waals surface area (Å²) in [5.74, 6) is 0.0415. The average Bonchev–Trinajstić information content (AvgIpc) is 2.96. The van der Waals surface area contributed by atoms with Gasteiger partial charge in [-0.1, -0.05) is 6.07 Å². The number of Topliss-reactive ketones (excluding diaryl/α,β-unsaturated/α-hetero) is 1. The van der Waals surface area contributed by atoms with Gasteiger partial charge in [-0.25, -0.2) is 4.79 Å². The minimum absolute atomic E-state index is 0.0395.